The number of hydrogen-bond acceptors (Lipinski definition) is 3. The fourth-order valence-electron chi connectivity index (χ4n) is 5.25. The summed E-state index contributed by atoms with van der Waals surface area (Å²) in [6, 6.07) is 38.2. The Bertz CT molecular complexity index is 1920. The molecule has 0 spiro atoms. The first-order valence-electron chi connectivity index (χ1n) is 12.0. The molecule has 2 aromatic heterocycles. The maximum atomic E-state index is 5.46. The molecule has 0 amide bonds. The third kappa shape index (κ3) is 3.21. The molecule has 3 nitrogen and oxygen atoms in total. The van der Waals surface area contributed by atoms with E-state index in [9.17, 15) is 0 Å². The average molecular weight is 463 g/mol. The maximum absolute atomic E-state index is 5.46. The van der Waals surface area contributed by atoms with Gasteiger partial charge in [0, 0.05) is 22.4 Å². The van der Waals surface area contributed by atoms with E-state index in [-0.39, 0.29) is 0 Å². The minimum atomic E-state index is 0.835. The first kappa shape index (κ1) is 20.6. The minimum absolute atomic E-state index is 0.835. The summed E-state index contributed by atoms with van der Waals surface area (Å²) < 4.78 is 5.46. The van der Waals surface area contributed by atoms with Crippen molar-refractivity contribution in [2.75, 3.05) is 7.11 Å². The second-order valence-corrected chi connectivity index (χ2v) is 9.02. The Morgan fingerprint density at radius 2 is 1.28 bits per heavy atom. The largest absolute Gasteiger partial charge is 0.497 e. The van der Waals surface area contributed by atoms with Gasteiger partial charge in [-0.15, -0.1) is 0 Å². The standard InChI is InChI=1S/C33H22N2O/c1-36-26-16-14-22(15-17-26)30-28-20-24-9-4-5-11-29(24)35-33(28)32-27(10-6-18-34-32)31(30)25-13-12-21-7-2-3-8-23(21)19-25/h2-20H,1H3. The van der Waals surface area contributed by atoms with E-state index in [0.717, 1.165) is 55.1 Å². The molecule has 0 aliphatic carbocycles. The molecule has 0 saturated heterocycles. The predicted molar refractivity (Wildman–Crippen MR) is 149 cm³/mol. The van der Waals surface area contributed by atoms with Crippen LogP contribution in [0.3, 0.4) is 0 Å². The van der Waals surface area contributed by atoms with E-state index in [2.05, 4.69) is 84.9 Å². The number of benzene rings is 5. The SMILES string of the molecule is COc1ccc(-c2c(-c3ccc4ccccc4c3)c3cccnc3c3nc4ccccc4cc23)cc1. The van der Waals surface area contributed by atoms with Gasteiger partial charge in [-0.1, -0.05) is 72.8 Å². The van der Waals surface area contributed by atoms with Gasteiger partial charge in [0.15, 0.2) is 0 Å². The topological polar surface area (TPSA) is 35.0 Å². The van der Waals surface area contributed by atoms with Crippen LogP contribution in [0.4, 0.5) is 0 Å². The molecule has 0 aliphatic heterocycles. The zero-order chi connectivity index (χ0) is 24.1. The minimum Gasteiger partial charge on any atom is -0.497 e. The van der Waals surface area contributed by atoms with Crippen molar-refractivity contribution in [1.29, 1.82) is 0 Å². The smallest absolute Gasteiger partial charge is 0.118 e. The number of pyridine rings is 2. The average Bonchev–Trinajstić information content (AvgIpc) is 2.95. The number of methoxy groups -OCH3 is 1. The van der Waals surface area contributed by atoms with Gasteiger partial charge >= 0.3 is 0 Å². The fourth-order valence-corrected chi connectivity index (χ4v) is 5.25. The van der Waals surface area contributed by atoms with Crippen LogP contribution in [-0.2, 0) is 0 Å². The van der Waals surface area contributed by atoms with Crippen LogP contribution in [0.25, 0.3) is 65.7 Å². The van der Waals surface area contributed by atoms with Gasteiger partial charge in [0.25, 0.3) is 0 Å². The van der Waals surface area contributed by atoms with Gasteiger partial charge in [0.1, 0.15) is 5.75 Å². The highest BCUT2D eigenvalue weighted by molar-refractivity contribution is 6.21. The lowest BCUT2D eigenvalue weighted by molar-refractivity contribution is 0.415. The Kier molecular flexibility index (Phi) is 4.68. The molecule has 0 unspecified atom stereocenters. The summed E-state index contributed by atoms with van der Waals surface area (Å²) in [5, 5.41) is 5.73. The highest BCUT2D eigenvalue weighted by Crippen LogP contribution is 2.44. The summed E-state index contributed by atoms with van der Waals surface area (Å²) in [6.45, 7) is 0. The van der Waals surface area contributed by atoms with Crippen molar-refractivity contribution in [2.24, 2.45) is 0 Å². The Labute approximate surface area is 208 Å². The van der Waals surface area contributed by atoms with Crippen LogP contribution >= 0.6 is 0 Å². The van der Waals surface area contributed by atoms with Crippen molar-refractivity contribution >= 4 is 43.5 Å². The van der Waals surface area contributed by atoms with Crippen molar-refractivity contribution in [3.05, 3.63) is 115 Å². The highest BCUT2D eigenvalue weighted by atomic mass is 16.5. The molecule has 0 radical (unpaired) electrons. The number of fused-ring (bicyclic) bond motifs is 5. The van der Waals surface area contributed by atoms with Gasteiger partial charge in [0.05, 0.1) is 23.7 Å². The lowest BCUT2D eigenvalue weighted by Gasteiger charge is -2.18. The maximum Gasteiger partial charge on any atom is 0.118 e. The summed E-state index contributed by atoms with van der Waals surface area (Å²) in [5.41, 5.74) is 7.40. The van der Waals surface area contributed by atoms with Gasteiger partial charge in [0.2, 0.25) is 0 Å². The Hall–Kier alpha value is -4.76. The summed E-state index contributed by atoms with van der Waals surface area (Å²) in [7, 11) is 1.70. The van der Waals surface area contributed by atoms with Crippen LogP contribution in [0.15, 0.2) is 115 Å². The molecule has 0 aliphatic rings. The Morgan fingerprint density at radius 1 is 0.556 bits per heavy atom. The van der Waals surface area contributed by atoms with Crippen LogP contribution in [0, 0.1) is 0 Å². The van der Waals surface area contributed by atoms with Gasteiger partial charge in [-0.2, -0.15) is 0 Å². The zero-order valence-corrected chi connectivity index (χ0v) is 19.8. The van der Waals surface area contributed by atoms with Crippen LogP contribution in [0.5, 0.6) is 5.75 Å². The molecule has 5 aromatic carbocycles. The third-order valence-electron chi connectivity index (χ3n) is 6.96. The summed E-state index contributed by atoms with van der Waals surface area (Å²) in [5.74, 6) is 0.835. The summed E-state index contributed by atoms with van der Waals surface area (Å²) >= 11 is 0. The van der Waals surface area contributed by atoms with E-state index in [1.807, 2.05) is 30.5 Å². The van der Waals surface area contributed by atoms with Gasteiger partial charge in [-0.05, 0) is 69.4 Å². The fraction of sp³-hybridized carbons (Fsp3) is 0.0303. The third-order valence-corrected chi connectivity index (χ3v) is 6.96. The number of ether oxygens (including phenoxy) is 1. The van der Waals surface area contributed by atoms with Gasteiger partial charge in [-0.25, -0.2) is 4.98 Å². The molecular weight excluding hydrogens is 440 g/mol. The Balaban J connectivity index is 1.69. The molecule has 7 rings (SSSR count). The molecule has 36 heavy (non-hydrogen) atoms. The van der Waals surface area contributed by atoms with E-state index in [0.29, 0.717) is 0 Å². The summed E-state index contributed by atoms with van der Waals surface area (Å²) in [4.78, 5) is 9.97. The van der Waals surface area contributed by atoms with Crippen molar-refractivity contribution in [1.82, 2.24) is 9.97 Å². The quantitative estimate of drug-likeness (QED) is 0.195. The molecule has 3 heteroatoms. The molecule has 0 atom stereocenters. The number of rotatable bonds is 3. The number of aromatic nitrogens is 2. The molecule has 0 fully saturated rings. The molecule has 170 valence electrons. The highest BCUT2D eigenvalue weighted by Gasteiger charge is 2.20. The van der Waals surface area contributed by atoms with Gasteiger partial charge < -0.3 is 4.74 Å². The summed E-state index contributed by atoms with van der Waals surface area (Å²) in [6.07, 6.45) is 1.86. The van der Waals surface area contributed by atoms with Crippen LogP contribution < -0.4 is 4.74 Å². The first-order valence-corrected chi connectivity index (χ1v) is 12.0. The number of para-hydroxylation sites is 1. The van der Waals surface area contributed by atoms with E-state index < -0.39 is 0 Å². The first-order chi connectivity index (χ1) is 17.8. The zero-order valence-electron chi connectivity index (χ0n) is 19.8. The molecule has 2 heterocycles. The number of hydrogen-bond donors (Lipinski definition) is 0. The molecule has 0 bridgehead atoms. The van der Waals surface area contributed by atoms with E-state index >= 15 is 0 Å². The van der Waals surface area contributed by atoms with Crippen molar-refractivity contribution < 1.29 is 4.74 Å². The van der Waals surface area contributed by atoms with Crippen LogP contribution in [0.2, 0.25) is 0 Å². The molecule has 0 saturated carbocycles. The van der Waals surface area contributed by atoms with E-state index in [4.69, 9.17) is 14.7 Å². The second-order valence-electron chi connectivity index (χ2n) is 9.02. The molecular formula is C33H22N2O. The van der Waals surface area contributed by atoms with Gasteiger partial charge in [-0.3, -0.25) is 4.98 Å². The normalized spacial score (nSPS) is 11.5. The van der Waals surface area contributed by atoms with Crippen molar-refractivity contribution in [2.45, 2.75) is 0 Å². The monoisotopic (exact) mass is 462 g/mol. The molecule has 0 N–H and O–H groups in total. The van der Waals surface area contributed by atoms with E-state index in [1.165, 1.54) is 16.3 Å². The van der Waals surface area contributed by atoms with E-state index in [1.54, 1.807) is 7.11 Å². The van der Waals surface area contributed by atoms with Crippen molar-refractivity contribution in [3.8, 4) is 28.0 Å². The Morgan fingerprint density at radius 3 is 2.11 bits per heavy atom. The van der Waals surface area contributed by atoms with Crippen molar-refractivity contribution in [3.63, 3.8) is 0 Å². The molecule has 7 aromatic rings. The lowest BCUT2D eigenvalue weighted by Crippen LogP contribution is -1.95. The number of nitrogens with zero attached hydrogens (tertiary/aromatic N) is 2. The lowest BCUT2D eigenvalue weighted by atomic mass is 9.86. The second kappa shape index (κ2) is 8.17. The van der Waals surface area contributed by atoms with Crippen LogP contribution in [0.1, 0.15) is 0 Å². The van der Waals surface area contributed by atoms with Crippen LogP contribution in [-0.4, -0.2) is 17.1 Å². The predicted octanol–water partition coefficient (Wildman–Crippen LogP) is 8.43.